The van der Waals surface area contributed by atoms with Crippen LogP contribution < -0.4 is 4.74 Å². The van der Waals surface area contributed by atoms with Crippen LogP contribution >= 0.6 is 11.6 Å². The molecule has 0 spiro atoms. The van der Waals surface area contributed by atoms with Crippen LogP contribution in [0, 0.1) is 11.3 Å². The largest absolute Gasteiger partial charge is 0.456 e. The zero-order valence-corrected chi connectivity index (χ0v) is 10.9. The molecule has 0 unspecified atom stereocenters. The zero-order chi connectivity index (χ0) is 13.8. The third kappa shape index (κ3) is 2.93. The van der Waals surface area contributed by atoms with Gasteiger partial charge in [-0.05, 0) is 31.2 Å². The Labute approximate surface area is 116 Å². The van der Waals surface area contributed by atoms with Gasteiger partial charge in [-0.3, -0.25) is 4.79 Å². The van der Waals surface area contributed by atoms with Crippen LogP contribution in [0.3, 0.4) is 0 Å². The number of hydrogen-bond acceptors (Lipinski definition) is 3. The number of hydrogen-bond donors (Lipinski definition) is 0. The molecule has 0 atom stereocenters. The number of carbonyl (C=O) groups excluding carboxylic acids is 1. The monoisotopic (exact) mass is 271 g/mol. The molecule has 3 nitrogen and oxygen atoms in total. The summed E-state index contributed by atoms with van der Waals surface area (Å²) >= 11 is 6.00. The molecule has 0 aromatic heterocycles. The van der Waals surface area contributed by atoms with E-state index in [9.17, 15) is 4.79 Å². The first-order valence-corrected chi connectivity index (χ1v) is 5.97. The van der Waals surface area contributed by atoms with Gasteiger partial charge in [-0.1, -0.05) is 23.7 Å². The quantitative estimate of drug-likeness (QED) is 0.786. The maximum atomic E-state index is 11.3. The molecule has 0 heterocycles. The maximum Gasteiger partial charge on any atom is 0.161 e. The molecule has 2 aromatic rings. The number of nitrogens with zero attached hydrogens (tertiary/aromatic N) is 1. The average Bonchev–Trinajstić information content (AvgIpc) is 2.39. The molecule has 0 saturated carbocycles. The van der Waals surface area contributed by atoms with Crippen molar-refractivity contribution < 1.29 is 9.53 Å². The highest BCUT2D eigenvalue weighted by Gasteiger charge is 2.08. The Morgan fingerprint density at radius 3 is 2.63 bits per heavy atom. The van der Waals surface area contributed by atoms with E-state index in [2.05, 4.69) is 0 Å². The summed E-state index contributed by atoms with van der Waals surface area (Å²) in [6.45, 7) is 1.45. The van der Waals surface area contributed by atoms with Gasteiger partial charge in [0, 0.05) is 11.6 Å². The van der Waals surface area contributed by atoms with Crippen molar-refractivity contribution in [2.24, 2.45) is 0 Å². The van der Waals surface area contributed by atoms with Crippen molar-refractivity contribution in [3.05, 3.63) is 58.6 Å². The molecule has 0 saturated heterocycles. The van der Waals surface area contributed by atoms with E-state index in [4.69, 9.17) is 21.6 Å². The van der Waals surface area contributed by atoms with Crippen LogP contribution in [0.1, 0.15) is 22.8 Å². The first kappa shape index (κ1) is 13.1. The van der Waals surface area contributed by atoms with Crippen LogP contribution in [0.25, 0.3) is 0 Å². The lowest BCUT2D eigenvalue weighted by atomic mass is 10.1. The molecule has 2 rings (SSSR count). The Balaban J connectivity index is 2.32. The Morgan fingerprint density at radius 1 is 1.26 bits per heavy atom. The van der Waals surface area contributed by atoms with Gasteiger partial charge in [-0.2, -0.15) is 5.26 Å². The van der Waals surface area contributed by atoms with Crippen molar-refractivity contribution in [1.29, 1.82) is 5.26 Å². The summed E-state index contributed by atoms with van der Waals surface area (Å²) in [6.07, 6.45) is 0. The fourth-order valence-electron chi connectivity index (χ4n) is 1.62. The van der Waals surface area contributed by atoms with E-state index in [1.165, 1.54) is 6.92 Å². The lowest BCUT2D eigenvalue weighted by Crippen LogP contribution is -1.94. The minimum atomic E-state index is -0.103. The van der Waals surface area contributed by atoms with E-state index in [-0.39, 0.29) is 5.78 Å². The van der Waals surface area contributed by atoms with Crippen molar-refractivity contribution in [1.82, 2.24) is 0 Å². The van der Waals surface area contributed by atoms with Gasteiger partial charge in [0.15, 0.2) is 5.78 Å². The predicted octanol–water partition coefficient (Wildman–Crippen LogP) is 4.21. The second-order valence-electron chi connectivity index (χ2n) is 3.91. The summed E-state index contributed by atoms with van der Waals surface area (Å²) in [6, 6.07) is 13.8. The number of rotatable bonds is 3. The van der Waals surface area contributed by atoms with Crippen molar-refractivity contribution >= 4 is 17.4 Å². The Hall–Kier alpha value is -2.31. The van der Waals surface area contributed by atoms with Gasteiger partial charge in [0.05, 0.1) is 10.6 Å². The van der Waals surface area contributed by atoms with E-state index in [0.717, 1.165) is 0 Å². The normalized spacial score (nSPS) is 9.74. The molecule has 0 aliphatic rings. The topological polar surface area (TPSA) is 50.1 Å². The maximum absolute atomic E-state index is 11.3. The summed E-state index contributed by atoms with van der Waals surface area (Å²) < 4.78 is 5.60. The van der Waals surface area contributed by atoms with Gasteiger partial charge >= 0.3 is 0 Å². The standard InChI is InChI=1S/C15H10ClNO2/c1-10(18)13-7-6-12(8-14(13)16)19-15-5-3-2-4-11(15)9-17/h2-8H,1H3. The van der Waals surface area contributed by atoms with Crippen molar-refractivity contribution in [3.8, 4) is 17.6 Å². The molecule has 19 heavy (non-hydrogen) atoms. The van der Waals surface area contributed by atoms with Crippen LogP contribution in [0.5, 0.6) is 11.5 Å². The number of ketones is 1. The van der Waals surface area contributed by atoms with Gasteiger partial charge in [0.2, 0.25) is 0 Å². The van der Waals surface area contributed by atoms with E-state index in [1.54, 1.807) is 42.5 Å². The van der Waals surface area contributed by atoms with Crippen LogP contribution in [0.15, 0.2) is 42.5 Å². The number of benzene rings is 2. The molecular weight excluding hydrogens is 262 g/mol. The minimum absolute atomic E-state index is 0.103. The molecule has 0 aliphatic carbocycles. The van der Waals surface area contributed by atoms with E-state index < -0.39 is 0 Å². The Kier molecular flexibility index (Phi) is 3.84. The fourth-order valence-corrected chi connectivity index (χ4v) is 1.92. The predicted molar refractivity (Wildman–Crippen MR) is 72.7 cm³/mol. The van der Waals surface area contributed by atoms with Crippen LogP contribution in [0.2, 0.25) is 5.02 Å². The van der Waals surface area contributed by atoms with Crippen molar-refractivity contribution in [2.45, 2.75) is 6.92 Å². The summed E-state index contributed by atoms with van der Waals surface area (Å²) in [5.41, 5.74) is 0.886. The van der Waals surface area contributed by atoms with Gasteiger partial charge in [-0.15, -0.1) is 0 Å². The minimum Gasteiger partial charge on any atom is -0.456 e. The summed E-state index contributed by atoms with van der Waals surface area (Å²) in [7, 11) is 0. The molecule has 0 bridgehead atoms. The Morgan fingerprint density at radius 2 is 2.00 bits per heavy atom. The second kappa shape index (κ2) is 5.55. The van der Waals surface area contributed by atoms with Gasteiger partial charge in [-0.25, -0.2) is 0 Å². The SMILES string of the molecule is CC(=O)c1ccc(Oc2ccccc2C#N)cc1Cl. The molecule has 0 fully saturated rings. The second-order valence-corrected chi connectivity index (χ2v) is 4.32. The molecular formula is C15H10ClNO2. The van der Waals surface area contributed by atoms with Crippen molar-refractivity contribution in [3.63, 3.8) is 0 Å². The van der Waals surface area contributed by atoms with E-state index in [0.29, 0.717) is 27.6 Å². The van der Waals surface area contributed by atoms with Crippen LogP contribution in [-0.4, -0.2) is 5.78 Å². The molecule has 0 amide bonds. The number of para-hydroxylation sites is 1. The number of ether oxygens (including phenoxy) is 1. The molecule has 2 aromatic carbocycles. The highest BCUT2D eigenvalue weighted by atomic mass is 35.5. The molecule has 0 N–H and O–H groups in total. The Bertz CT molecular complexity index is 674. The number of halogens is 1. The van der Waals surface area contributed by atoms with Gasteiger partial charge in [0.1, 0.15) is 17.6 Å². The lowest BCUT2D eigenvalue weighted by molar-refractivity contribution is 0.101. The van der Waals surface area contributed by atoms with E-state index in [1.807, 2.05) is 6.07 Å². The summed E-state index contributed by atoms with van der Waals surface area (Å²) in [4.78, 5) is 11.3. The van der Waals surface area contributed by atoms with E-state index >= 15 is 0 Å². The van der Waals surface area contributed by atoms with Gasteiger partial charge in [0.25, 0.3) is 0 Å². The highest BCUT2D eigenvalue weighted by molar-refractivity contribution is 6.34. The van der Waals surface area contributed by atoms with Gasteiger partial charge < -0.3 is 4.74 Å². The summed E-state index contributed by atoms with van der Waals surface area (Å²) in [5.74, 6) is 0.836. The van der Waals surface area contributed by atoms with Crippen LogP contribution in [0.4, 0.5) is 0 Å². The average molecular weight is 272 g/mol. The third-order valence-electron chi connectivity index (χ3n) is 2.56. The van der Waals surface area contributed by atoms with Crippen molar-refractivity contribution in [2.75, 3.05) is 0 Å². The summed E-state index contributed by atoms with van der Waals surface area (Å²) in [5, 5.41) is 9.30. The number of Topliss-reactive ketones (excluding diaryl/α,β-unsaturated/α-hetero) is 1. The first-order valence-electron chi connectivity index (χ1n) is 5.59. The molecule has 94 valence electrons. The fraction of sp³-hybridized carbons (Fsp3) is 0.0667. The van der Waals surface area contributed by atoms with Crippen LogP contribution in [-0.2, 0) is 0 Å². The first-order chi connectivity index (χ1) is 9.11. The zero-order valence-electron chi connectivity index (χ0n) is 10.2. The highest BCUT2D eigenvalue weighted by Crippen LogP contribution is 2.28. The number of nitriles is 1. The lowest BCUT2D eigenvalue weighted by Gasteiger charge is -2.08. The molecule has 0 radical (unpaired) electrons. The number of carbonyl (C=O) groups is 1. The molecule has 0 aliphatic heterocycles. The third-order valence-corrected chi connectivity index (χ3v) is 2.87. The smallest absolute Gasteiger partial charge is 0.161 e. The molecule has 4 heteroatoms.